The van der Waals surface area contributed by atoms with Gasteiger partial charge in [-0.1, -0.05) is 30.3 Å². The Morgan fingerprint density at radius 3 is 2.48 bits per heavy atom. The van der Waals surface area contributed by atoms with Crippen molar-refractivity contribution in [1.82, 2.24) is 15.3 Å². The topological polar surface area (TPSA) is 35.6 Å². The van der Waals surface area contributed by atoms with Gasteiger partial charge in [0.15, 0.2) is 5.78 Å². The zero-order chi connectivity index (χ0) is 14.7. The van der Waals surface area contributed by atoms with E-state index >= 15 is 0 Å². The number of allylic oxidation sites excluding steroid dienone is 2. The predicted molar refractivity (Wildman–Crippen MR) is 83.7 cm³/mol. The van der Waals surface area contributed by atoms with Crippen LogP contribution in [-0.2, 0) is 4.79 Å². The van der Waals surface area contributed by atoms with Gasteiger partial charge in [-0.05, 0) is 24.9 Å². The Kier molecular flexibility index (Phi) is 4.36. The fourth-order valence-electron chi connectivity index (χ4n) is 3.05. The van der Waals surface area contributed by atoms with E-state index in [2.05, 4.69) is 34.5 Å². The standard InChI is InChI=1S/C17H23N3O/c1-19-7-9-20(10-8-19)18-16-11-15(12-17(21)13-16)14-5-3-2-4-6-14/h2-6,13,15,18H,7-12H2,1H3. The molecule has 0 amide bonds. The number of likely N-dealkylation sites (N-methyl/N-ethyl adjacent to an activating group) is 1. The molecule has 0 radical (unpaired) electrons. The van der Waals surface area contributed by atoms with E-state index in [4.69, 9.17) is 0 Å². The average molecular weight is 285 g/mol. The van der Waals surface area contributed by atoms with Crippen molar-refractivity contribution >= 4 is 5.78 Å². The molecule has 0 bridgehead atoms. The number of carbonyl (C=O) groups excluding carboxylic acids is 1. The molecule has 1 aromatic carbocycles. The highest BCUT2D eigenvalue weighted by atomic mass is 16.1. The van der Waals surface area contributed by atoms with Crippen LogP contribution in [0, 0.1) is 0 Å². The summed E-state index contributed by atoms with van der Waals surface area (Å²) in [5.74, 6) is 0.533. The van der Waals surface area contributed by atoms with E-state index in [0.717, 1.165) is 38.3 Å². The molecule has 1 unspecified atom stereocenters. The minimum absolute atomic E-state index is 0.228. The molecule has 4 nitrogen and oxygen atoms in total. The van der Waals surface area contributed by atoms with Gasteiger partial charge in [0.1, 0.15) is 0 Å². The van der Waals surface area contributed by atoms with E-state index in [1.54, 1.807) is 6.08 Å². The predicted octanol–water partition coefficient (Wildman–Crippen LogP) is 1.77. The van der Waals surface area contributed by atoms with Gasteiger partial charge in [-0.15, -0.1) is 0 Å². The summed E-state index contributed by atoms with van der Waals surface area (Å²) in [6.45, 7) is 4.13. The van der Waals surface area contributed by atoms with Gasteiger partial charge in [0.2, 0.25) is 0 Å². The van der Waals surface area contributed by atoms with Gasteiger partial charge in [0.05, 0.1) is 0 Å². The number of hydrazine groups is 1. The summed E-state index contributed by atoms with van der Waals surface area (Å²) in [7, 11) is 2.15. The summed E-state index contributed by atoms with van der Waals surface area (Å²) >= 11 is 0. The summed E-state index contributed by atoms with van der Waals surface area (Å²) in [4.78, 5) is 14.3. The van der Waals surface area contributed by atoms with Gasteiger partial charge in [-0.25, -0.2) is 5.01 Å². The maximum absolute atomic E-state index is 12.0. The third-order valence-corrected chi connectivity index (χ3v) is 4.33. The molecule has 0 saturated carbocycles. The lowest BCUT2D eigenvalue weighted by atomic mass is 9.85. The Morgan fingerprint density at radius 1 is 1.05 bits per heavy atom. The van der Waals surface area contributed by atoms with Crippen molar-refractivity contribution in [2.45, 2.75) is 18.8 Å². The molecule has 1 saturated heterocycles. The highest BCUT2D eigenvalue weighted by Gasteiger charge is 2.23. The third-order valence-electron chi connectivity index (χ3n) is 4.33. The second-order valence-electron chi connectivity index (χ2n) is 6.05. The molecule has 0 spiro atoms. The van der Waals surface area contributed by atoms with Crippen LogP contribution in [0.25, 0.3) is 0 Å². The normalized spacial score (nSPS) is 24.7. The number of rotatable bonds is 3. The molecule has 4 heteroatoms. The number of nitrogens with zero attached hydrogens (tertiary/aromatic N) is 2. The summed E-state index contributed by atoms with van der Waals surface area (Å²) in [5.41, 5.74) is 5.78. The first kappa shape index (κ1) is 14.3. The van der Waals surface area contributed by atoms with E-state index in [9.17, 15) is 4.79 Å². The Morgan fingerprint density at radius 2 is 1.76 bits per heavy atom. The van der Waals surface area contributed by atoms with Gasteiger partial charge in [-0.3, -0.25) is 4.79 Å². The highest BCUT2D eigenvalue weighted by Crippen LogP contribution is 2.30. The zero-order valence-corrected chi connectivity index (χ0v) is 12.6. The fraction of sp³-hybridized carbons (Fsp3) is 0.471. The summed E-state index contributed by atoms with van der Waals surface area (Å²) in [5, 5.41) is 2.23. The fourth-order valence-corrected chi connectivity index (χ4v) is 3.05. The molecule has 0 aromatic heterocycles. The van der Waals surface area contributed by atoms with Crippen molar-refractivity contribution in [2.24, 2.45) is 0 Å². The van der Waals surface area contributed by atoms with Gasteiger partial charge in [0, 0.05) is 44.4 Å². The van der Waals surface area contributed by atoms with Crippen molar-refractivity contribution in [3.05, 3.63) is 47.7 Å². The molecule has 21 heavy (non-hydrogen) atoms. The van der Waals surface area contributed by atoms with Gasteiger partial charge in [-0.2, -0.15) is 0 Å². The maximum atomic E-state index is 12.0. The summed E-state index contributed by atoms with van der Waals surface area (Å²) < 4.78 is 0. The summed E-state index contributed by atoms with van der Waals surface area (Å²) in [6.07, 6.45) is 3.33. The van der Waals surface area contributed by atoms with Crippen LogP contribution < -0.4 is 5.43 Å². The lowest BCUT2D eigenvalue weighted by molar-refractivity contribution is -0.115. The van der Waals surface area contributed by atoms with Crippen molar-refractivity contribution in [1.29, 1.82) is 0 Å². The van der Waals surface area contributed by atoms with E-state index in [1.807, 2.05) is 18.2 Å². The lowest BCUT2D eigenvalue weighted by Gasteiger charge is -2.35. The monoisotopic (exact) mass is 285 g/mol. The Labute approximate surface area is 126 Å². The molecule has 112 valence electrons. The molecule has 1 aliphatic carbocycles. The molecule has 1 fully saturated rings. The van der Waals surface area contributed by atoms with Crippen LogP contribution in [0.3, 0.4) is 0 Å². The molecular weight excluding hydrogens is 262 g/mol. The average Bonchev–Trinajstić information content (AvgIpc) is 2.50. The second kappa shape index (κ2) is 6.41. The van der Waals surface area contributed by atoms with E-state index < -0.39 is 0 Å². The first-order chi connectivity index (χ1) is 10.2. The Hall–Kier alpha value is -1.65. The zero-order valence-electron chi connectivity index (χ0n) is 12.6. The van der Waals surface area contributed by atoms with E-state index in [0.29, 0.717) is 12.3 Å². The third kappa shape index (κ3) is 3.71. The smallest absolute Gasteiger partial charge is 0.158 e. The molecule has 2 aliphatic rings. The van der Waals surface area contributed by atoms with Crippen LogP contribution in [0.1, 0.15) is 24.3 Å². The largest absolute Gasteiger partial charge is 0.323 e. The van der Waals surface area contributed by atoms with Gasteiger partial charge >= 0.3 is 0 Å². The number of piperazine rings is 1. The number of ketones is 1. The van der Waals surface area contributed by atoms with E-state index in [1.165, 1.54) is 5.56 Å². The molecule has 1 aliphatic heterocycles. The molecular formula is C17H23N3O. The number of nitrogens with one attached hydrogen (secondary N) is 1. The molecule has 1 aromatic rings. The van der Waals surface area contributed by atoms with Gasteiger partial charge in [0.25, 0.3) is 0 Å². The summed E-state index contributed by atoms with van der Waals surface area (Å²) in [6, 6.07) is 10.4. The van der Waals surface area contributed by atoms with Crippen molar-refractivity contribution < 1.29 is 4.79 Å². The van der Waals surface area contributed by atoms with Crippen LogP contribution in [0.5, 0.6) is 0 Å². The van der Waals surface area contributed by atoms with Crippen molar-refractivity contribution in [3.63, 3.8) is 0 Å². The second-order valence-corrected chi connectivity index (χ2v) is 6.05. The van der Waals surface area contributed by atoms with Crippen molar-refractivity contribution in [3.8, 4) is 0 Å². The quantitative estimate of drug-likeness (QED) is 0.918. The van der Waals surface area contributed by atoms with Crippen LogP contribution >= 0.6 is 0 Å². The number of benzene rings is 1. The number of hydrogen-bond acceptors (Lipinski definition) is 4. The minimum atomic E-state index is 0.228. The maximum Gasteiger partial charge on any atom is 0.158 e. The number of carbonyl (C=O) groups is 1. The first-order valence-corrected chi connectivity index (χ1v) is 7.69. The van der Waals surface area contributed by atoms with E-state index in [-0.39, 0.29) is 5.78 Å². The highest BCUT2D eigenvalue weighted by molar-refractivity contribution is 5.91. The minimum Gasteiger partial charge on any atom is -0.323 e. The van der Waals surface area contributed by atoms with Crippen LogP contribution in [0.4, 0.5) is 0 Å². The van der Waals surface area contributed by atoms with Crippen LogP contribution in [0.2, 0.25) is 0 Å². The van der Waals surface area contributed by atoms with Crippen molar-refractivity contribution in [2.75, 3.05) is 33.2 Å². The number of hydrogen-bond donors (Lipinski definition) is 1. The Bertz CT molecular complexity index is 518. The lowest BCUT2D eigenvalue weighted by Crippen LogP contribution is -2.50. The molecule has 1 heterocycles. The van der Waals surface area contributed by atoms with Crippen LogP contribution in [0.15, 0.2) is 42.1 Å². The SMILES string of the molecule is CN1CCN(NC2=CC(=O)CC(c3ccccc3)C2)CC1. The Balaban J connectivity index is 1.64. The van der Waals surface area contributed by atoms with Crippen LogP contribution in [-0.4, -0.2) is 48.9 Å². The first-order valence-electron chi connectivity index (χ1n) is 7.69. The molecule has 1 N–H and O–H groups in total. The molecule has 1 atom stereocenters. The molecule has 3 rings (SSSR count). The van der Waals surface area contributed by atoms with Gasteiger partial charge < -0.3 is 10.3 Å².